The first-order valence-corrected chi connectivity index (χ1v) is 6.41. The van der Waals surface area contributed by atoms with Crippen molar-refractivity contribution < 1.29 is 28.6 Å². The molecule has 0 spiro atoms. The molecule has 6 nitrogen and oxygen atoms in total. The van der Waals surface area contributed by atoms with Gasteiger partial charge < -0.3 is 14.2 Å². The van der Waals surface area contributed by atoms with Gasteiger partial charge >= 0.3 is 17.9 Å². The van der Waals surface area contributed by atoms with E-state index in [0.717, 1.165) is 0 Å². The Morgan fingerprint density at radius 1 is 0.950 bits per heavy atom. The monoisotopic (exact) mass is 286 g/mol. The van der Waals surface area contributed by atoms with Crippen LogP contribution in [0.5, 0.6) is 0 Å². The van der Waals surface area contributed by atoms with Gasteiger partial charge in [0.15, 0.2) is 0 Å². The summed E-state index contributed by atoms with van der Waals surface area (Å²) >= 11 is 0. The first kappa shape index (κ1) is 18.1. The number of rotatable bonds is 9. The summed E-state index contributed by atoms with van der Waals surface area (Å²) in [5.41, 5.74) is 0. The van der Waals surface area contributed by atoms with Crippen LogP contribution in [-0.4, -0.2) is 39.2 Å². The first-order chi connectivity index (χ1) is 9.54. The number of esters is 3. The Balaban J connectivity index is 4.18. The third-order valence-electron chi connectivity index (χ3n) is 2.80. The molecule has 6 heteroatoms. The number of hydrogen-bond donors (Lipinski definition) is 0. The van der Waals surface area contributed by atoms with Crippen LogP contribution < -0.4 is 0 Å². The second-order valence-corrected chi connectivity index (χ2v) is 4.18. The molecule has 1 atom stereocenters. The average molecular weight is 286 g/mol. The fraction of sp³-hybridized carbons (Fsp3) is 0.643. The van der Waals surface area contributed by atoms with Crippen molar-refractivity contribution in [2.45, 2.75) is 32.1 Å². The molecule has 0 N–H and O–H groups in total. The zero-order valence-electron chi connectivity index (χ0n) is 12.2. The molecule has 0 aliphatic rings. The molecule has 0 aromatic carbocycles. The number of carbonyl (C=O) groups is 3. The van der Waals surface area contributed by atoms with Crippen molar-refractivity contribution in [3.63, 3.8) is 0 Å². The van der Waals surface area contributed by atoms with Crippen LogP contribution in [0, 0.1) is 5.92 Å². The molecule has 1 unspecified atom stereocenters. The Morgan fingerprint density at radius 2 is 1.60 bits per heavy atom. The molecule has 20 heavy (non-hydrogen) atoms. The average Bonchev–Trinajstić information content (AvgIpc) is 2.47. The van der Waals surface area contributed by atoms with Gasteiger partial charge in [-0.15, -0.1) is 0 Å². The Kier molecular flexibility index (Phi) is 10.00. The van der Waals surface area contributed by atoms with Crippen LogP contribution in [0.3, 0.4) is 0 Å². The number of carbonyl (C=O) groups excluding carboxylic acids is 3. The zero-order chi connectivity index (χ0) is 15.4. The van der Waals surface area contributed by atoms with Gasteiger partial charge in [-0.05, 0) is 19.3 Å². The fourth-order valence-electron chi connectivity index (χ4n) is 1.62. The standard InChI is InChI=1S/C14H22O6/c1-18-12(15)9-5-4-7-11(14(17)20-3)8-6-10-13(16)19-2/h4-5,11H,6-10H2,1-3H3/b5-4+. The van der Waals surface area contributed by atoms with E-state index in [1.165, 1.54) is 21.3 Å². The van der Waals surface area contributed by atoms with Crippen LogP contribution in [0.25, 0.3) is 0 Å². The third-order valence-corrected chi connectivity index (χ3v) is 2.80. The summed E-state index contributed by atoms with van der Waals surface area (Å²) in [5.74, 6) is -1.27. The van der Waals surface area contributed by atoms with Gasteiger partial charge in [0, 0.05) is 6.42 Å². The highest BCUT2D eigenvalue weighted by Crippen LogP contribution is 2.16. The van der Waals surface area contributed by atoms with E-state index in [-0.39, 0.29) is 36.7 Å². The molecule has 0 aromatic heterocycles. The number of methoxy groups -OCH3 is 3. The van der Waals surface area contributed by atoms with Crippen LogP contribution in [0.1, 0.15) is 32.1 Å². The summed E-state index contributed by atoms with van der Waals surface area (Å²) in [5, 5.41) is 0. The number of ether oxygens (including phenoxy) is 3. The van der Waals surface area contributed by atoms with Gasteiger partial charge in [0.05, 0.1) is 33.7 Å². The molecule has 0 fully saturated rings. The molecule has 0 saturated carbocycles. The second-order valence-electron chi connectivity index (χ2n) is 4.18. The molecule has 0 aliphatic carbocycles. The van der Waals surface area contributed by atoms with Crippen molar-refractivity contribution in [3.8, 4) is 0 Å². The maximum Gasteiger partial charge on any atom is 0.309 e. The minimum absolute atomic E-state index is 0.173. The van der Waals surface area contributed by atoms with Crippen LogP contribution in [0.15, 0.2) is 12.2 Å². The van der Waals surface area contributed by atoms with Crippen molar-refractivity contribution in [2.75, 3.05) is 21.3 Å². The molecule has 114 valence electrons. The Bertz CT molecular complexity index is 348. The predicted molar refractivity (Wildman–Crippen MR) is 71.8 cm³/mol. The fourth-order valence-corrected chi connectivity index (χ4v) is 1.62. The molecule has 0 aliphatic heterocycles. The molecule has 0 amide bonds. The second kappa shape index (κ2) is 11.0. The summed E-state index contributed by atoms with van der Waals surface area (Å²) in [6.07, 6.45) is 5.40. The summed E-state index contributed by atoms with van der Waals surface area (Å²) in [6, 6.07) is 0. The van der Waals surface area contributed by atoms with Crippen LogP contribution in [0.2, 0.25) is 0 Å². The number of allylic oxidation sites excluding steroid dienone is 1. The maximum absolute atomic E-state index is 11.6. The molecule has 0 radical (unpaired) electrons. The Morgan fingerprint density at radius 3 is 2.15 bits per heavy atom. The molecule has 0 rings (SSSR count). The van der Waals surface area contributed by atoms with E-state index in [1.54, 1.807) is 12.2 Å². The molecular formula is C14H22O6. The predicted octanol–water partition coefficient (Wildman–Crippen LogP) is 1.63. The van der Waals surface area contributed by atoms with Crippen molar-refractivity contribution in [1.29, 1.82) is 0 Å². The van der Waals surface area contributed by atoms with Crippen molar-refractivity contribution in [1.82, 2.24) is 0 Å². The van der Waals surface area contributed by atoms with Crippen molar-refractivity contribution in [2.24, 2.45) is 5.92 Å². The van der Waals surface area contributed by atoms with E-state index < -0.39 is 0 Å². The summed E-state index contributed by atoms with van der Waals surface area (Å²) in [6.45, 7) is 0. The van der Waals surface area contributed by atoms with Gasteiger partial charge in [0.2, 0.25) is 0 Å². The van der Waals surface area contributed by atoms with Gasteiger partial charge in [0.25, 0.3) is 0 Å². The molecule has 0 heterocycles. The first-order valence-electron chi connectivity index (χ1n) is 6.41. The highest BCUT2D eigenvalue weighted by atomic mass is 16.5. The SMILES string of the molecule is COC(=O)C/C=C/CC(CCCC(=O)OC)C(=O)OC. The van der Waals surface area contributed by atoms with E-state index in [2.05, 4.69) is 9.47 Å². The topological polar surface area (TPSA) is 78.9 Å². The lowest BCUT2D eigenvalue weighted by Gasteiger charge is -2.11. The van der Waals surface area contributed by atoms with Crippen molar-refractivity contribution in [3.05, 3.63) is 12.2 Å². The Labute approximate surface area is 119 Å². The largest absolute Gasteiger partial charge is 0.469 e. The number of hydrogen-bond acceptors (Lipinski definition) is 6. The lowest BCUT2D eigenvalue weighted by molar-refractivity contribution is -0.146. The highest BCUT2D eigenvalue weighted by Gasteiger charge is 2.18. The lowest BCUT2D eigenvalue weighted by atomic mass is 9.98. The smallest absolute Gasteiger partial charge is 0.309 e. The van der Waals surface area contributed by atoms with E-state index in [0.29, 0.717) is 19.3 Å². The molecule has 0 bridgehead atoms. The van der Waals surface area contributed by atoms with Gasteiger partial charge in [-0.2, -0.15) is 0 Å². The van der Waals surface area contributed by atoms with Crippen LogP contribution in [-0.2, 0) is 28.6 Å². The van der Waals surface area contributed by atoms with E-state index in [1.807, 2.05) is 0 Å². The van der Waals surface area contributed by atoms with Gasteiger partial charge in [-0.1, -0.05) is 12.2 Å². The summed E-state index contributed by atoms with van der Waals surface area (Å²) in [4.78, 5) is 33.5. The quantitative estimate of drug-likeness (QED) is 0.364. The Hall–Kier alpha value is -1.85. The maximum atomic E-state index is 11.6. The van der Waals surface area contributed by atoms with Gasteiger partial charge in [-0.25, -0.2) is 0 Å². The minimum atomic E-state index is -0.332. The van der Waals surface area contributed by atoms with Crippen LogP contribution in [0.4, 0.5) is 0 Å². The van der Waals surface area contributed by atoms with Gasteiger partial charge in [-0.3, -0.25) is 14.4 Å². The summed E-state index contributed by atoms with van der Waals surface area (Å²) in [7, 11) is 3.98. The molecular weight excluding hydrogens is 264 g/mol. The van der Waals surface area contributed by atoms with Gasteiger partial charge in [0.1, 0.15) is 0 Å². The molecule has 0 aromatic rings. The van der Waals surface area contributed by atoms with Crippen LogP contribution >= 0.6 is 0 Å². The minimum Gasteiger partial charge on any atom is -0.469 e. The van der Waals surface area contributed by atoms with E-state index in [9.17, 15) is 14.4 Å². The van der Waals surface area contributed by atoms with E-state index >= 15 is 0 Å². The lowest BCUT2D eigenvalue weighted by Crippen LogP contribution is -2.16. The highest BCUT2D eigenvalue weighted by molar-refractivity contribution is 5.73. The summed E-state index contributed by atoms with van der Waals surface area (Å²) < 4.78 is 13.7. The van der Waals surface area contributed by atoms with Crippen molar-refractivity contribution >= 4 is 17.9 Å². The third kappa shape index (κ3) is 8.29. The zero-order valence-corrected chi connectivity index (χ0v) is 12.2. The molecule has 0 saturated heterocycles. The van der Waals surface area contributed by atoms with E-state index in [4.69, 9.17) is 4.74 Å². The normalized spacial score (nSPS) is 11.9.